The van der Waals surface area contributed by atoms with Crippen molar-refractivity contribution in [1.82, 2.24) is 0 Å². The zero-order chi connectivity index (χ0) is 17.8. The van der Waals surface area contributed by atoms with E-state index in [0.29, 0.717) is 0 Å². The number of hydrogen-bond acceptors (Lipinski definition) is 2. The zero-order valence-electron chi connectivity index (χ0n) is 16.2. The van der Waals surface area contributed by atoms with Gasteiger partial charge in [-0.15, -0.1) is 0 Å². The third-order valence-electron chi connectivity index (χ3n) is 5.27. The van der Waals surface area contributed by atoms with Crippen molar-refractivity contribution >= 4 is 5.78 Å². The number of hydrogen-bond donors (Lipinski definition) is 0. The summed E-state index contributed by atoms with van der Waals surface area (Å²) >= 11 is 0. The normalized spacial score (nSPS) is 12.6. The van der Waals surface area contributed by atoms with Gasteiger partial charge in [-0.3, -0.25) is 4.79 Å². The molecule has 0 aliphatic carbocycles. The number of carbonyl (C=O) groups is 1. The summed E-state index contributed by atoms with van der Waals surface area (Å²) in [5.41, 5.74) is 2.70. The molecule has 0 unspecified atom stereocenters. The van der Waals surface area contributed by atoms with Crippen LogP contribution in [0.5, 0.6) is 5.75 Å². The lowest BCUT2D eigenvalue weighted by Gasteiger charge is -2.30. The number of benzene rings is 1. The topological polar surface area (TPSA) is 26.3 Å². The number of carbonyl (C=O) groups excluding carboxylic acids is 1. The molecule has 0 spiro atoms. The molecule has 1 rings (SSSR count). The van der Waals surface area contributed by atoms with Crippen molar-refractivity contribution < 1.29 is 9.53 Å². The molecule has 0 atom stereocenters. The van der Waals surface area contributed by atoms with Gasteiger partial charge in [0.1, 0.15) is 12.4 Å². The minimum Gasteiger partial charge on any atom is -0.486 e. The van der Waals surface area contributed by atoms with Gasteiger partial charge < -0.3 is 4.74 Å². The Hall–Kier alpha value is -1.31. The summed E-state index contributed by atoms with van der Waals surface area (Å²) in [5.74, 6) is 1.00. The predicted octanol–water partition coefficient (Wildman–Crippen LogP) is 5.67. The molecule has 0 saturated carbocycles. The highest BCUT2D eigenvalue weighted by atomic mass is 16.5. The van der Waals surface area contributed by atoms with Gasteiger partial charge in [0.15, 0.2) is 5.78 Å². The lowest BCUT2D eigenvalue weighted by molar-refractivity contribution is -0.123. The first-order valence-electron chi connectivity index (χ1n) is 8.85. The van der Waals surface area contributed by atoms with Crippen molar-refractivity contribution in [3.8, 4) is 5.75 Å². The third kappa shape index (κ3) is 4.83. The molecule has 23 heavy (non-hydrogen) atoms. The Morgan fingerprint density at radius 3 is 2.09 bits per heavy atom. The second-order valence-electron chi connectivity index (χ2n) is 8.10. The molecule has 0 N–H and O–H groups in total. The number of ether oxygens (including phenoxy) is 1. The molecular weight excluding hydrogens is 284 g/mol. The van der Waals surface area contributed by atoms with Crippen LogP contribution in [0.25, 0.3) is 0 Å². The highest BCUT2D eigenvalue weighted by molar-refractivity contribution is 5.81. The highest BCUT2D eigenvalue weighted by Gasteiger charge is 2.26. The fraction of sp³-hybridized carbons (Fsp3) is 0.667. The largest absolute Gasteiger partial charge is 0.486 e. The van der Waals surface area contributed by atoms with Crippen molar-refractivity contribution in [3.05, 3.63) is 29.3 Å². The van der Waals surface area contributed by atoms with Gasteiger partial charge in [0, 0.05) is 11.5 Å². The number of Topliss-reactive ketones (excluding diaryl/α,β-unsaturated/α-hetero) is 1. The van der Waals surface area contributed by atoms with Crippen molar-refractivity contribution in [2.24, 2.45) is 5.92 Å². The van der Waals surface area contributed by atoms with Crippen LogP contribution in [-0.2, 0) is 15.6 Å². The lowest BCUT2D eigenvalue weighted by Crippen LogP contribution is -2.23. The molecule has 0 aliphatic heterocycles. The Bertz CT molecular complexity index is 539. The van der Waals surface area contributed by atoms with E-state index in [-0.39, 0.29) is 29.1 Å². The molecule has 0 heterocycles. The molecule has 0 amide bonds. The van der Waals surface area contributed by atoms with Crippen molar-refractivity contribution in [3.63, 3.8) is 0 Å². The molecule has 2 heteroatoms. The minimum absolute atomic E-state index is 0.0101. The molecule has 0 radical (unpaired) electrons. The zero-order valence-corrected chi connectivity index (χ0v) is 16.2. The van der Waals surface area contributed by atoms with E-state index >= 15 is 0 Å². The van der Waals surface area contributed by atoms with E-state index in [1.165, 1.54) is 11.1 Å². The first kappa shape index (κ1) is 19.7. The van der Waals surface area contributed by atoms with Crippen LogP contribution in [0.4, 0.5) is 0 Å². The molecule has 0 aliphatic rings. The quantitative estimate of drug-likeness (QED) is 0.617. The minimum atomic E-state index is 0.0101. The van der Waals surface area contributed by atoms with Gasteiger partial charge in [0.2, 0.25) is 0 Å². The second-order valence-corrected chi connectivity index (χ2v) is 8.10. The molecule has 0 aromatic heterocycles. The summed E-state index contributed by atoms with van der Waals surface area (Å²) in [5, 5.41) is 0. The van der Waals surface area contributed by atoms with Crippen LogP contribution in [-0.4, -0.2) is 12.4 Å². The Balaban J connectivity index is 3.22. The van der Waals surface area contributed by atoms with Crippen LogP contribution < -0.4 is 4.74 Å². The van der Waals surface area contributed by atoms with E-state index in [1.54, 1.807) is 0 Å². The van der Waals surface area contributed by atoms with E-state index < -0.39 is 0 Å². The van der Waals surface area contributed by atoms with Crippen LogP contribution >= 0.6 is 0 Å². The van der Waals surface area contributed by atoms with Gasteiger partial charge in [0.25, 0.3) is 0 Å². The maximum atomic E-state index is 11.9. The van der Waals surface area contributed by atoms with Gasteiger partial charge >= 0.3 is 0 Å². The number of rotatable bonds is 8. The van der Waals surface area contributed by atoms with Gasteiger partial charge in [-0.05, 0) is 35.3 Å². The van der Waals surface area contributed by atoms with E-state index in [1.807, 2.05) is 19.9 Å². The predicted molar refractivity (Wildman–Crippen MR) is 98.4 cm³/mol. The molecule has 1 aromatic carbocycles. The number of ketones is 1. The maximum absolute atomic E-state index is 11.9. The first-order valence-corrected chi connectivity index (χ1v) is 8.85. The summed E-state index contributed by atoms with van der Waals surface area (Å²) in [4.78, 5) is 11.9. The van der Waals surface area contributed by atoms with E-state index in [4.69, 9.17) is 4.74 Å². The summed E-state index contributed by atoms with van der Waals surface area (Å²) < 4.78 is 5.90. The first-order chi connectivity index (χ1) is 10.5. The van der Waals surface area contributed by atoms with Gasteiger partial charge in [-0.2, -0.15) is 0 Å². The lowest BCUT2D eigenvalue weighted by atomic mass is 9.76. The van der Waals surface area contributed by atoms with E-state index in [9.17, 15) is 4.79 Å². The smallest absolute Gasteiger partial charge is 0.172 e. The second kappa shape index (κ2) is 7.51. The molecule has 2 nitrogen and oxygen atoms in total. The molecular formula is C21H34O2. The van der Waals surface area contributed by atoms with Crippen LogP contribution in [0, 0.1) is 5.92 Å². The van der Waals surface area contributed by atoms with Crippen LogP contribution in [0.2, 0.25) is 0 Å². The highest BCUT2D eigenvalue weighted by Crippen LogP contribution is 2.38. The van der Waals surface area contributed by atoms with Crippen molar-refractivity contribution in [1.29, 1.82) is 0 Å². The molecule has 0 bridgehead atoms. The molecule has 0 fully saturated rings. The fourth-order valence-electron chi connectivity index (χ4n) is 2.32. The van der Waals surface area contributed by atoms with Crippen LogP contribution in [0.15, 0.2) is 18.2 Å². The van der Waals surface area contributed by atoms with Gasteiger partial charge in [0.05, 0.1) is 0 Å². The maximum Gasteiger partial charge on any atom is 0.172 e. The average molecular weight is 319 g/mol. The fourth-order valence-corrected chi connectivity index (χ4v) is 2.32. The summed E-state index contributed by atoms with van der Waals surface area (Å²) in [6, 6.07) is 6.48. The van der Waals surface area contributed by atoms with E-state index in [2.05, 4.69) is 53.7 Å². The molecule has 130 valence electrons. The Morgan fingerprint density at radius 1 is 1.04 bits per heavy atom. The van der Waals surface area contributed by atoms with E-state index in [0.717, 1.165) is 18.6 Å². The Kier molecular flexibility index (Phi) is 6.44. The van der Waals surface area contributed by atoms with Crippen molar-refractivity contribution in [2.75, 3.05) is 6.61 Å². The van der Waals surface area contributed by atoms with Crippen LogP contribution in [0.3, 0.4) is 0 Å². The standard InChI is InChI=1S/C21H34O2/c1-9-20(5,6)16-11-12-19(23-14-18(22)15(3)4)17(13-16)21(7,8)10-2/h11-13,15H,9-10,14H2,1-8H3. The third-order valence-corrected chi connectivity index (χ3v) is 5.27. The SMILES string of the molecule is CCC(C)(C)c1ccc(OCC(=O)C(C)C)c(C(C)(C)CC)c1. The average Bonchev–Trinajstić information content (AvgIpc) is 2.52. The van der Waals surface area contributed by atoms with Crippen molar-refractivity contribution in [2.45, 2.75) is 79.1 Å². The summed E-state index contributed by atoms with van der Waals surface area (Å²) in [7, 11) is 0. The molecule has 0 saturated heterocycles. The van der Waals surface area contributed by atoms with Crippen LogP contribution in [0.1, 0.15) is 79.4 Å². The summed E-state index contributed by atoms with van der Waals surface area (Å²) in [6.07, 6.45) is 2.11. The Morgan fingerprint density at radius 2 is 1.61 bits per heavy atom. The summed E-state index contributed by atoms with van der Waals surface area (Å²) in [6.45, 7) is 17.4. The molecule has 1 aromatic rings. The Labute approximate surface area is 142 Å². The van der Waals surface area contributed by atoms with Gasteiger partial charge in [-0.1, -0.05) is 67.5 Å². The van der Waals surface area contributed by atoms with Gasteiger partial charge in [-0.25, -0.2) is 0 Å². The monoisotopic (exact) mass is 318 g/mol.